The van der Waals surface area contributed by atoms with Crippen LogP contribution in [0.25, 0.3) is 0 Å². The van der Waals surface area contributed by atoms with Crippen LogP contribution in [0.15, 0.2) is 17.5 Å². The molecule has 0 unspecified atom stereocenters. The van der Waals surface area contributed by atoms with Crippen molar-refractivity contribution in [2.24, 2.45) is 5.73 Å². The van der Waals surface area contributed by atoms with Gasteiger partial charge in [-0.3, -0.25) is 0 Å². The van der Waals surface area contributed by atoms with Crippen molar-refractivity contribution in [2.45, 2.75) is 37.6 Å². The van der Waals surface area contributed by atoms with Crippen LogP contribution in [0.4, 0.5) is 0 Å². The van der Waals surface area contributed by atoms with Crippen molar-refractivity contribution >= 4 is 11.3 Å². The van der Waals surface area contributed by atoms with Crippen LogP contribution in [0, 0.1) is 0 Å². The maximum Gasteiger partial charge on any atom is 0.0222 e. The third kappa shape index (κ3) is 1.02. The Balaban J connectivity index is 2.35. The van der Waals surface area contributed by atoms with Gasteiger partial charge in [0.1, 0.15) is 0 Å². The third-order valence-electron chi connectivity index (χ3n) is 2.98. The molecule has 0 atom stereocenters. The summed E-state index contributed by atoms with van der Waals surface area (Å²) in [5, 5.41) is 2.14. The molecule has 1 saturated carbocycles. The highest BCUT2D eigenvalue weighted by Gasteiger charge is 2.54. The molecule has 1 fully saturated rings. The Morgan fingerprint density at radius 2 is 2.17 bits per heavy atom. The SMILES string of the molecule is CC(C)(N)C1(c2cccs2)CC1. The first-order chi connectivity index (χ1) is 5.56. The molecule has 2 heteroatoms. The minimum Gasteiger partial charge on any atom is -0.325 e. The highest BCUT2D eigenvalue weighted by Crippen LogP contribution is 2.55. The predicted molar refractivity (Wildman–Crippen MR) is 53.5 cm³/mol. The van der Waals surface area contributed by atoms with Gasteiger partial charge in [0, 0.05) is 15.8 Å². The van der Waals surface area contributed by atoms with Crippen molar-refractivity contribution in [3.05, 3.63) is 22.4 Å². The molecule has 66 valence electrons. The molecule has 0 aliphatic heterocycles. The molecule has 12 heavy (non-hydrogen) atoms. The molecule has 0 bridgehead atoms. The van der Waals surface area contributed by atoms with Gasteiger partial charge in [-0.25, -0.2) is 0 Å². The Kier molecular flexibility index (Phi) is 1.61. The second-order valence-corrected chi connectivity index (χ2v) is 5.23. The third-order valence-corrected chi connectivity index (χ3v) is 4.05. The number of hydrogen-bond acceptors (Lipinski definition) is 2. The second-order valence-electron chi connectivity index (χ2n) is 4.28. The quantitative estimate of drug-likeness (QED) is 0.745. The zero-order valence-electron chi connectivity index (χ0n) is 7.63. The lowest BCUT2D eigenvalue weighted by Crippen LogP contribution is -2.44. The van der Waals surface area contributed by atoms with Crippen LogP contribution in [0.1, 0.15) is 31.6 Å². The Labute approximate surface area is 77.6 Å². The fourth-order valence-electron chi connectivity index (χ4n) is 1.88. The lowest BCUT2D eigenvalue weighted by molar-refractivity contribution is 0.397. The van der Waals surface area contributed by atoms with Gasteiger partial charge in [-0.2, -0.15) is 0 Å². The fraction of sp³-hybridized carbons (Fsp3) is 0.600. The van der Waals surface area contributed by atoms with Gasteiger partial charge in [-0.15, -0.1) is 11.3 Å². The summed E-state index contributed by atoms with van der Waals surface area (Å²) in [5.41, 5.74) is 6.42. The fourth-order valence-corrected chi connectivity index (χ4v) is 3.04. The van der Waals surface area contributed by atoms with Crippen LogP contribution in [0.3, 0.4) is 0 Å². The molecule has 1 aliphatic carbocycles. The van der Waals surface area contributed by atoms with Crippen LogP contribution >= 0.6 is 11.3 Å². The highest BCUT2D eigenvalue weighted by molar-refractivity contribution is 7.10. The van der Waals surface area contributed by atoms with E-state index in [0.717, 1.165) is 0 Å². The lowest BCUT2D eigenvalue weighted by atomic mass is 9.84. The van der Waals surface area contributed by atoms with Gasteiger partial charge >= 0.3 is 0 Å². The van der Waals surface area contributed by atoms with Gasteiger partial charge in [0.15, 0.2) is 0 Å². The van der Waals surface area contributed by atoms with Gasteiger partial charge in [-0.1, -0.05) is 6.07 Å². The maximum absolute atomic E-state index is 6.17. The second kappa shape index (κ2) is 2.33. The summed E-state index contributed by atoms with van der Waals surface area (Å²) in [4.78, 5) is 1.47. The molecule has 0 saturated heterocycles. The Morgan fingerprint density at radius 3 is 2.50 bits per heavy atom. The van der Waals surface area contributed by atoms with Crippen LogP contribution in [0.2, 0.25) is 0 Å². The van der Waals surface area contributed by atoms with Gasteiger partial charge in [0.2, 0.25) is 0 Å². The first-order valence-corrected chi connectivity index (χ1v) is 5.27. The summed E-state index contributed by atoms with van der Waals surface area (Å²) in [6, 6.07) is 4.33. The zero-order valence-corrected chi connectivity index (χ0v) is 8.45. The van der Waals surface area contributed by atoms with Crippen molar-refractivity contribution in [1.82, 2.24) is 0 Å². The molecule has 0 radical (unpaired) electrons. The molecule has 0 spiro atoms. The van der Waals surface area contributed by atoms with Gasteiger partial charge < -0.3 is 5.73 Å². The maximum atomic E-state index is 6.17. The van der Waals surface area contributed by atoms with E-state index >= 15 is 0 Å². The average Bonchev–Trinajstić information content (AvgIpc) is 2.61. The van der Waals surface area contributed by atoms with E-state index in [1.54, 1.807) is 0 Å². The molecular formula is C10H15NS. The average molecular weight is 181 g/mol. The number of thiophene rings is 1. The van der Waals surface area contributed by atoms with E-state index in [-0.39, 0.29) is 5.54 Å². The summed E-state index contributed by atoms with van der Waals surface area (Å²) in [6.07, 6.45) is 2.52. The first-order valence-electron chi connectivity index (χ1n) is 4.39. The molecular weight excluding hydrogens is 166 g/mol. The first kappa shape index (κ1) is 8.27. The van der Waals surface area contributed by atoms with Crippen molar-refractivity contribution in [2.75, 3.05) is 0 Å². The molecule has 0 aromatic carbocycles. The van der Waals surface area contributed by atoms with E-state index in [9.17, 15) is 0 Å². The molecule has 1 aromatic heterocycles. The molecule has 2 N–H and O–H groups in total. The monoisotopic (exact) mass is 181 g/mol. The minimum absolute atomic E-state index is 0.0577. The summed E-state index contributed by atoms with van der Waals surface area (Å²) in [6.45, 7) is 4.28. The van der Waals surface area contributed by atoms with Crippen LogP contribution in [-0.4, -0.2) is 5.54 Å². The van der Waals surface area contributed by atoms with E-state index in [1.165, 1.54) is 17.7 Å². The largest absolute Gasteiger partial charge is 0.325 e. The Morgan fingerprint density at radius 1 is 1.50 bits per heavy atom. The van der Waals surface area contributed by atoms with Crippen molar-refractivity contribution < 1.29 is 0 Å². The Bertz CT molecular complexity index is 265. The van der Waals surface area contributed by atoms with E-state index in [1.807, 2.05) is 11.3 Å². The van der Waals surface area contributed by atoms with E-state index < -0.39 is 0 Å². The summed E-state index contributed by atoms with van der Waals surface area (Å²) >= 11 is 1.84. The highest BCUT2D eigenvalue weighted by atomic mass is 32.1. The molecule has 1 heterocycles. The van der Waals surface area contributed by atoms with Crippen molar-refractivity contribution in [3.63, 3.8) is 0 Å². The summed E-state index contributed by atoms with van der Waals surface area (Å²) in [5.74, 6) is 0. The Hall–Kier alpha value is -0.340. The lowest BCUT2D eigenvalue weighted by Gasteiger charge is -2.29. The van der Waals surface area contributed by atoms with E-state index in [2.05, 4.69) is 31.4 Å². The van der Waals surface area contributed by atoms with E-state index in [0.29, 0.717) is 5.41 Å². The van der Waals surface area contributed by atoms with Crippen LogP contribution in [0.5, 0.6) is 0 Å². The van der Waals surface area contributed by atoms with Crippen LogP contribution < -0.4 is 5.73 Å². The zero-order chi connectivity index (χ0) is 8.82. The molecule has 0 amide bonds. The van der Waals surface area contributed by atoms with Gasteiger partial charge in [-0.05, 0) is 38.1 Å². The topological polar surface area (TPSA) is 26.0 Å². The summed E-state index contributed by atoms with van der Waals surface area (Å²) in [7, 11) is 0. The van der Waals surface area contributed by atoms with Crippen LogP contribution in [-0.2, 0) is 5.41 Å². The molecule has 1 aliphatic rings. The predicted octanol–water partition coefficient (Wildman–Crippen LogP) is 2.52. The van der Waals surface area contributed by atoms with Crippen molar-refractivity contribution in [3.8, 4) is 0 Å². The van der Waals surface area contributed by atoms with Crippen molar-refractivity contribution in [1.29, 1.82) is 0 Å². The number of nitrogens with two attached hydrogens (primary N) is 1. The molecule has 2 rings (SSSR count). The minimum atomic E-state index is -0.0577. The van der Waals surface area contributed by atoms with Gasteiger partial charge in [0.05, 0.1) is 0 Å². The summed E-state index contributed by atoms with van der Waals surface area (Å²) < 4.78 is 0. The standard InChI is InChI=1S/C10H15NS/c1-9(2,11)10(5-6-10)8-4-3-7-12-8/h3-4,7H,5-6,11H2,1-2H3. The number of rotatable bonds is 2. The van der Waals surface area contributed by atoms with Gasteiger partial charge in [0.25, 0.3) is 0 Å². The normalized spacial score (nSPS) is 20.9. The van der Waals surface area contributed by atoms with E-state index in [4.69, 9.17) is 5.73 Å². The number of hydrogen-bond donors (Lipinski definition) is 1. The molecule has 1 aromatic rings. The molecule has 1 nitrogen and oxygen atoms in total. The smallest absolute Gasteiger partial charge is 0.0222 e.